The Kier molecular flexibility index (Phi) is 11.1. The third-order valence-electron chi connectivity index (χ3n) is 4.84. The van der Waals surface area contributed by atoms with Crippen molar-refractivity contribution in [1.82, 2.24) is 15.5 Å². The molecule has 2 atom stereocenters. The van der Waals surface area contributed by atoms with E-state index in [-0.39, 0.29) is 0 Å². The Bertz CT molecular complexity index is 917. The first-order valence-corrected chi connectivity index (χ1v) is 11.3. The van der Waals surface area contributed by atoms with Gasteiger partial charge in [0, 0.05) is 12.6 Å². The van der Waals surface area contributed by atoms with Crippen LogP contribution in [0.2, 0.25) is 0 Å². The molecule has 0 aliphatic rings. The topological polar surface area (TPSA) is 131 Å². The van der Waals surface area contributed by atoms with Gasteiger partial charge in [0.25, 0.3) is 5.91 Å². The van der Waals surface area contributed by atoms with E-state index in [1.165, 1.54) is 0 Å². The number of hydrogen-bond donors (Lipinski definition) is 3. The number of terminal acetylenes is 1. The van der Waals surface area contributed by atoms with Gasteiger partial charge in [-0.15, -0.1) is 0 Å². The Morgan fingerprint density at radius 2 is 1.82 bits per heavy atom. The molecule has 9 heteroatoms. The molecule has 4 amide bonds. The number of carbonyl (C=O) groups excluding carboxylic acids is 4. The number of primary amides is 1. The van der Waals surface area contributed by atoms with Crippen molar-refractivity contribution in [3.63, 3.8) is 0 Å². The zero-order chi connectivity index (χ0) is 25.9. The maximum Gasteiger partial charge on any atom is 0.408 e. The molecule has 0 radical (unpaired) electrons. The highest BCUT2D eigenvalue weighted by atomic mass is 16.6. The minimum atomic E-state index is -1.41. The van der Waals surface area contributed by atoms with Gasteiger partial charge in [0.2, 0.25) is 11.8 Å². The van der Waals surface area contributed by atoms with Gasteiger partial charge in [0.15, 0.2) is 0 Å². The molecule has 1 aromatic carbocycles. The summed E-state index contributed by atoms with van der Waals surface area (Å²) in [4.78, 5) is 51.5. The lowest BCUT2D eigenvalue weighted by molar-refractivity contribution is -0.139. The molecular weight excluding hydrogens is 436 g/mol. The summed E-state index contributed by atoms with van der Waals surface area (Å²) in [6, 6.07) is 6.72. The van der Waals surface area contributed by atoms with Gasteiger partial charge in [-0.05, 0) is 45.2 Å². The number of nitrogens with two attached hydrogens (primary N) is 1. The summed E-state index contributed by atoms with van der Waals surface area (Å²) in [5, 5.41) is 5.19. The minimum absolute atomic E-state index is 0.419. The van der Waals surface area contributed by atoms with Crippen molar-refractivity contribution >= 4 is 23.8 Å². The fourth-order valence-electron chi connectivity index (χ4n) is 3.26. The van der Waals surface area contributed by atoms with Crippen molar-refractivity contribution in [2.45, 2.75) is 78.0 Å². The summed E-state index contributed by atoms with van der Waals surface area (Å²) in [6.45, 7) is 9.23. The highest BCUT2D eigenvalue weighted by Crippen LogP contribution is 2.25. The van der Waals surface area contributed by atoms with Gasteiger partial charge in [0.05, 0.1) is 6.42 Å². The highest BCUT2D eigenvalue weighted by molar-refractivity contribution is 5.95. The molecule has 0 bridgehead atoms. The minimum Gasteiger partial charge on any atom is -0.444 e. The van der Waals surface area contributed by atoms with E-state index in [9.17, 15) is 19.2 Å². The van der Waals surface area contributed by atoms with Crippen molar-refractivity contribution in [3.8, 4) is 12.5 Å². The first-order valence-electron chi connectivity index (χ1n) is 11.3. The number of benzene rings is 1. The summed E-state index contributed by atoms with van der Waals surface area (Å²) in [7, 11) is 0. The molecule has 0 saturated carbocycles. The zero-order valence-electron chi connectivity index (χ0n) is 20.6. The standard InChI is InChI=1S/C25H36N4O5/c1-7-9-12-15-27-22(31)21(18-14-11-10-13-17(18)3)29(8-2)23(32)19(16-20(26)30)28-24(33)34-25(4,5)6/h2,10-11,13-14,19,21H,7,9,12,15-16H2,1,3-6H3,(H2,26,30)(H,27,31)(H,28,33). The van der Waals surface area contributed by atoms with E-state index in [1.807, 2.05) is 6.92 Å². The largest absolute Gasteiger partial charge is 0.444 e. The Balaban J connectivity index is 3.31. The number of rotatable bonds is 11. The van der Waals surface area contributed by atoms with Crippen LogP contribution in [0.3, 0.4) is 0 Å². The van der Waals surface area contributed by atoms with Crippen molar-refractivity contribution in [2.24, 2.45) is 5.73 Å². The Morgan fingerprint density at radius 3 is 2.35 bits per heavy atom. The fourth-order valence-corrected chi connectivity index (χ4v) is 3.26. The first kappa shape index (κ1) is 28.5. The molecule has 1 aromatic rings. The molecule has 0 saturated heterocycles. The van der Waals surface area contributed by atoms with E-state index < -0.39 is 47.9 Å². The Hall–Kier alpha value is -3.54. The highest BCUT2D eigenvalue weighted by Gasteiger charge is 2.37. The van der Waals surface area contributed by atoms with Crippen LogP contribution in [0.1, 0.15) is 70.5 Å². The van der Waals surface area contributed by atoms with Crippen LogP contribution < -0.4 is 16.4 Å². The molecule has 186 valence electrons. The second-order valence-corrected chi connectivity index (χ2v) is 8.96. The molecule has 0 aliphatic carbocycles. The number of ether oxygens (including phenoxy) is 1. The number of amides is 4. The molecule has 0 spiro atoms. The normalized spacial score (nSPS) is 12.6. The lowest BCUT2D eigenvalue weighted by Gasteiger charge is -2.30. The predicted molar refractivity (Wildman–Crippen MR) is 129 cm³/mol. The third kappa shape index (κ3) is 9.14. The molecule has 4 N–H and O–H groups in total. The van der Waals surface area contributed by atoms with Gasteiger partial charge in [-0.25, -0.2) is 4.79 Å². The Morgan fingerprint density at radius 1 is 1.18 bits per heavy atom. The Labute approximate surface area is 201 Å². The number of nitrogens with one attached hydrogen (secondary N) is 2. The van der Waals surface area contributed by atoms with Crippen molar-refractivity contribution < 1.29 is 23.9 Å². The lowest BCUT2D eigenvalue weighted by Crippen LogP contribution is -2.52. The maximum absolute atomic E-state index is 13.4. The molecule has 9 nitrogen and oxygen atoms in total. The second-order valence-electron chi connectivity index (χ2n) is 8.96. The molecule has 2 unspecified atom stereocenters. The molecule has 0 heterocycles. The average molecular weight is 473 g/mol. The van der Waals surface area contributed by atoms with Gasteiger partial charge in [-0.1, -0.05) is 50.5 Å². The van der Waals surface area contributed by atoms with Crippen molar-refractivity contribution in [3.05, 3.63) is 35.4 Å². The molecule has 0 aliphatic heterocycles. The summed E-state index contributed by atoms with van der Waals surface area (Å²) in [5.74, 6) is -2.13. The lowest BCUT2D eigenvalue weighted by atomic mass is 9.98. The van der Waals surface area contributed by atoms with E-state index in [2.05, 4.69) is 16.7 Å². The number of carbonyl (C=O) groups is 4. The summed E-state index contributed by atoms with van der Waals surface area (Å²) in [6.07, 6.45) is 6.95. The van der Waals surface area contributed by atoms with Gasteiger partial charge < -0.3 is 21.1 Å². The van der Waals surface area contributed by atoms with Crippen LogP contribution in [0.5, 0.6) is 0 Å². The smallest absolute Gasteiger partial charge is 0.408 e. The van der Waals surface area contributed by atoms with Gasteiger partial charge >= 0.3 is 6.09 Å². The van der Waals surface area contributed by atoms with Crippen LogP contribution in [0.25, 0.3) is 0 Å². The number of nitrogens with zero attached hydrogens (tertiary/aromatic N) is 1. The van der Waals surface area contributed by atoms with Crippen LogP contribution in [0, 0.1) is 19.4 Å². The van der Waals surface area contributed by atoms with E-state index in [0.29, 0.717) is 12.1 Å². The fraction of sp³-hybridized carbons (Fsp3) is 0.520. The quantitative estimate of drug-likeness (QED) is 0.259. The average Bonchev–Trinajstić information content (AvgIpc) is 2.73. The number of aryl methyl sites for hydroxylation is 1. The zero-order valence-corrected chi connectivity index (χ0v) is 20.6. The van der Waals surface area contributed by atoms with Gasteiger partial charge in [-0.2, -0.15) is 0 Å². The molecule has 34 heavy (non-hydrogen) atoms. The summed E-state index contributed by atoms with van der Waals surface area (Å²) < 4.78 is 5.20. The SMILES string of the molecule is C#CN(C(=O)C(CC(N)=O)NC(=O)OC(C)(C)C)C(C(=O)NCCCCC)c1ccccc1C. The van der Waals surface area contributed by atoms with Crippen LogP contribution >= 0.6 is 0 Å². The van der Waals surface area contributed by atoms with E-state index >= 15 is 0 Å². The predicted octanol–water partition coefficient (Wildman–Crippen LogP) is 2.53. The van der Waals surface area contributed by atoms with E-state index in [1.54, 1.807) is 52.0 Å². The van der Waals surface area contributed by atoms with Crippen LogP contribution in [0.15, 0.2) is 24.3 Å². The summed E-state index contributed by atoms with van der Waals surface area (Å²) in [5.41, 5.74) is 5.74. The van der Waals surface area contributed by atoms with Crippen LogP contribution in [-0.2, 0) is 19.1 Å². The second kappa shape index (κ2) is 13.2. The number of hydrogen-bond acceptors (Lipinski definition) is 5. The number of unbranched alkanes of at least 4 members (excludes halogenated alkanes) is 2. The third-order valence-corrected chi connectivity index (χ3v) is 4.84. The summed E-state index contributed by atoms with van der Waals surface area (Å²) >= 11 is 0. The van der Waals surface area contributed by atoms with Gasteiger partial charge in [-0.3, -0.25) is 19.3 Å². The maximum atomic E-state index is 13.4. The van der Waals surface area contributed by atoms with Crippen molar-refractivity contribution in [1.29, 1.82) is 0 Å². The number of alkyl carbamates (subject to hydrolysis) is 1. The van der Waals surface area contributed by atoms with Crippen LogP contribution in [-0.4, -0.2) is 46.9 Å². The first-order chi connectivity index (χ1) is 15.9. The van der Waals surface area contributed by atoms with Crippen molar-refractivity contribution in [2.75, 3.05) is 6.54 Å². The molecule has 1 rings (SSSR count). The van der Waals surface area contributed by atoms with Gasteiger partial charge in [0.1, 0.15) is 17.7 Å². The van der Waals surface area contributed by atoms with Crippen LogP contribution in [0.4, 0.5) is 4.79 Å². The van der Waals surface area contributed by atoms with E-state index in [0.717, 1.165) is 29.7 Å². The molecular formula is C25H36N4O5. The monoisotopic (exact) mass is 472 g/mol. The molecule has 0 fully saturated rings. The molecule has 0 aromatic heterocycles. The van der Waals surface area contributed by atoms with E-state index in [4.69, 9.17) is 16.9 Å².